The summed E-state index contributed by atoms with van der Waals surface area (Å²) in [5.41, 5.74) is 0. The second-order valence-corrected chi connectivity index (χ2v) is 4.36. The van der Waals surface area contributed by atoms with E-state index in [4.69, 9.17) is 11.6 Å². The molecule has 0 spiro atoms. The zero-order chi connectivity index (χ0) is 10.8. The molecule has 0 saturated carbocycles. The van der Waals surface area contributed by atoms with Crippen LogP contribution in [0, 0.1) is 5.92 Å². The van der Waals surface area contributed by atoms with Crippen LogP contribution in [-0.4, -0.2) is 30.1 Å². The molecular formula is C10H15ClN4. The van der Waals surface area contributed by atoms with E-state index >= 15 is 0 Å². The van der Waals surface area contributed by atoms with E-state index in [0.29, 0.717) is 16.9 Å². The first-order valence-electron chi connectivity index (χ1n) is 5.16. The lowest BCUT2D eigenvalue weighted by molar-refractivity contribution is 0.659. The van der Waals surface area contributed by atoms with Gasteiger partial charge in [-0.3, -0.25) is 0 Å². The molecule has 1 N–H and O–H groups in total. The fraction of sp³-hybridized carbons (Fsp3) is 0.600. The first-order valence-corrected chi connectivity index (χ1v) is 5.53. The van der Waals surface area contributed by atoms with Gasteiger partial charge in [-0.25, -0.2) is 4.98 Å². The van der Waals surface area contributed by atoms with Crippen molar-refractivity contribution in [2.24, 2.45) is 5.92 Å². The maximum atomic E-state index is 6.09. The van der Waals surface area contributed by atoms with Crippen LogP contribution in [0.2, 0.25) is 5.02 Å². The van der Waals surface area contributed by atoms with Gasteiger partial charge in [-0.15, -0.1) is 0 Å². The summed E-state index contributed by atoms with van der Waals surface area (Å²) in [6.45, 7) is 4.30. The van der Waals surface area contributed by atoms with Gasteiger partial charge in [-0.1, -0.05) is 18.5 Å². The van der Waals surface area contributed by atoms with Crippen LogP contribution in [0.3, 0.4) is 0 Å². The predicted molar refractivity (Wildman–Crippen MR) is 62.6 cm³/mol. The number of halogens is 1. The molecule has 1 saturated heterocycles. The summed E-state index contributed by atoms with van der Waals surface area (Å²) in [6, 6.07) is 0. The molecule has 0 aliphatic carbocycles. The Morgan fingerprint density at radius 2 is 2.40 bits per heavy atom. The molecule has 15 heavy (non-hydrogen) atoms. The van der Waals surface area contributed by atoms with Gasteiger partial charge in [0.05, 0.1) is 6.20 Å². The summed E-state index contributed by atoms with van der Waals surface area (Å²) >= 11 is 6.09. The van der Waals surface area contributed by atoms with Gasteiger partial charge in [0.1, 0.15) is 5.02 Å². The number of nitrogens with one attached hydrogen (secondary N) is 1. The Kier molecular flexibility index (Phi) is 2.95. The lowest BCUT2D eigenvalue weighted by Gasteiger charge is -2.18. The van der Waals surface area contributed by atoms with Gasteiger partial charge in [0.25, 0.3) is 0 Å². The van der Waals surface area contributed by atoms with E-state index in [1.807, 2.05) is 0 Å². The Hall–Kier alpha value is -1.03. The first-order chi connectivity index (χ1) is 7.20. The summed E-state index contributed by atoms with van der Waals surface area (Å²) in [7, 11) is 1.81. The standard InChI is InChI=1S/C10H15ClN4/c1-7-3-4-15(6-7)9-8(11)5-13-10(12-2)14-9/h5,7H,3-4,6H2,1-2H3,(H,12,13,14). The van der Waals surface area contributed by atoms with E-state index in [9.17, 15) is 0 Å². The zero-order valence-corrected chi connectivity index (χ0v) is 9.75. The Morgan fingerprint density at radius 1 is 1.60 bits per heavy atom. The van der Waals surface area contributed by atoms with Crippen molar-refractivity contribution in [3.05, 3.63) is 11.2 Å². The van der Waals surface area contributed by atoms with Gasteiger partial charge in [-0.05, 0) is 12.3 Å². The number of hydrogen-bond acceptors (Lipinski definition) is 4. The molecule has 1 fully saturated rings. The molecule has 0 bridgehead atoms. The molecule has 4 nitrogen and oxygen atoms in total. The minimum absolute atomic E-state index is 0.619. The number of rotatable bonds is 2. The monoisotopic (exact) mass is 226 g/mol. The molecule has 5 heteroatoms. The average molecular weight is 227 g/mol. The van der Waals surface area contributed by atoms with Crippen molar-refractivity contribution in [1.82, 2.24) is 9.97 Å². The van der Waals surface area contributed by atoms with Crippen molar-refractivity contribution in [2.45, 2.75) is 13.3 Å². The second kappa shape index (κ2) is 4.23. The molecule has 0 aromatic carbocycles. The third-order valence-corrected chi connectivity index (χ3v) is 2.94. The van der Waals surface area contributed by atoms with Crippen LogP contribution in [0.5, 0.6) is 0 Å². The van der Waals surface area contributed by atoms with Crippen LogP contribution in [0.4, 0.5) is 11.8 Å². The molecule has 1 atom stereocenters. The Bertz CT molecular complexity index is 355. The Labute approximate surface area is 94.7 Å². The Balaban J connectivity index is 2.26. The first kappa shape index (κ1) is 10.5. The van der Waals surface area contributed by atoms with Gasteiger partial charge in [0.2, 0.25) is 5.95 Å². The zero-order valence-electron chi connectivity index (χ0n) is 9.00. The van der Waals surface area contributed by atoms with Crippen LogP contribution in [0.1, 0.15) is 13.3 Å². The van der Waals surface area contributed by atoms with E-state index in [0.717, 1.165) is 18.9 Å². The van der Waals surface area contributed by atoms with Crippen molar-refractivity contribution in [2.75, 3.05) is 30.4 Å². The Morgan fingerprint density at radius 3 is 3.00 bits per heavy atom. The minimum atomic E-state index is 0.619. The molecule has 1 aromatic rings. The fourth-order valence-corrected chi connectivity index (χ4v) is 2.04. The largest absolute Gasteiger partial charge is 0.357 e. The topological polar surface area (TPSA) is 41.1 Å². The highest BCUT2D eigenvalue weighted by molar-refractivity contribution is 6.32. The maximum absolute atomic E-state index is 6.09. The van der Waals surface area contributed by atoms with E-state index in [1.54, 1.807) is 13.2 Å². The van der Waals surface area contributed by atoms with Crippen LogP contribution in [0.15, 0.2) is 6.20 Å². The van der Waals surface area contributed by atoms with E-state index < -0.39 is 0 Å². The lowest BCUT2D eigenvalue weighted by Crippen LogP contribution is -2.21. The molecular weight excluding hydrogens is 212 g/mol. The van der Waals surface area contributed by atoms with Gasteiger partial charge in [0.15, 0.2) is 5.82 Å². The number of hydrogen-bond donors (Lipinski definition) is 1. The van der Waals surface area contributed by atoms with Crippen LogP contribution in [-0.2, 0) is 0 Å². The highest BCUT2D eigenvalue weighted by Crippen LogP contribution is 2.28. The molecule has 2 heterocycles. The highest BCUT2D eigenvalue weighted by atomic mass is 35.5. The van der Waals surface area contributed by atoms with Crippen LogP contribution in [0.25, 0.3) is 0 Å². The SMILES string of the molecule is CNc1ncc(Cl)c(N2CCC(C)C2)n1. The second-order valence-electron chi connectivity index (χ2n) is 3.96. The third-order valence-electron chi connectivity index (χ3n) is 2.67. The van der Waals surface area contributed by atoms with Crippen molar-refractivity contribution < 1.29 is 0 Å². The summed E-state index contributed by atoms with van der Waals surface area (Å²) in [5, 5.41) is 3.55. The summed E-state index contributed by atoms with van der Waals surface area (Å²) < 4.78 is 0. The number of nitrogens with zero attached hydrogens (tertiary/aromatic N) is 3. The van der Waals surface area contributed by atoms with Crippen molar-refractivity contribution in [1.29, 1.82) is 0 Å². The van der Waals surface area contributed by atoms with Crippen LogP contribution >= 0.6 is 11.6 Å². The fourth-order valence-electron chi connectivity index (χ4n) is 1.83. The van der Waals surface area contributed by atoms with E-state index in [2.05, 4.69) is 27.1 Å². The molecule has 1 aliphatic heterocycles. The predicted octanol–water partition coefficient (Wildman–Crippen LogP) is 2.02. The molecule has 1 aromatic heterocycles. The molecule has 0 radical (unpaired) electrons. The van der Waals surface area contributed by atoms with Crippen LogP contribution < -0.4 is 10.2 Å². The smallest absolute Gasteiger partial charge is 0.224 e. The minimum Gasteiger partial charge on any atom is -0.357 e. The number of anilines is 2. The maximum Gasteiger partial charge on any atom is 0.224 e. The normalized spacial score (nSPS) is 20.7. The van der Waals surface area contributed by atoms with Gasteiger partial charge < -0.3 is 10.2 Å². The molecule has 1 aliphatic rings. The average Bonchev–Trinajstić information content (AvgIpc) is 2.65. The van der Waals surface area contributed by atoms with Crippen molar-refractivity contribution in [3.63, 3.8) is 0 Å². The highest BCUT2D eigenvalue weighted by Gasteiger charge is 2.22. The molecule has 0 amide bonds. The molecule has 82 valence electrons. The summed E-state index contributed by atoms with van der Waals surface area (Å²) in [5.74, 6) is 2.18. The third kappa shape index (κ3) is 2.15. The lowest BCUT2D eigenvalue weighted by atomic mass is 10.2. The molecule has 1 unspecified atom stereocenters. The van der Waals surface area contributed by atoms with E-state index in [-0.39, 0.29) is 0 Å². The van der Waals surface area contributed by atoms with Gasteiger partial charge in [0, 0.05) is 20.1 Å². The van der Waals surface area contributed by atoms with Crippen molar-refractivity contribution >= 4 is 23.4 Å². The number of aromatic nitrogens is 2. The van der Waals surface area contributed by atoms with E-state index in [1.165, 1.54) is 6.42 Å². The van der Waals surface area contributed by atoms with Crippen molar-refractivity contribution in [3.8, 4) is 0 Å². The summed E-state index contributed by atoms with van der Waals surface area (Å²) in [6.07, 6.45) is 2.86. The van der Waals surface area contributed by atoms with Gasteiger partial charge in [-0.2, -0.15) is 4.98 Å². The molecule has 2 rings (SSSR count). The summed E-state index contributed by atoms with van der Waals surface area (Å²) in [4.78, 5) is 10.7. The van der Waals surface area contributed by atoms with Gasteiger partial charge >= 0.3 is 0 Å². The quantitative estimate of drug-likeness (QED) is 0.838.